The molecule has 2 rings (SSSR count). The largest absolute Gasteiger partial charge is 0.289 e. The lowest BCUT2D eigenvalue weighted by Crippen LogP contribution is -2.35. The van der Waals surface area contributed by atoms with E-state index >= 15 is 0 Å². The van der Waals surface area contributed by atoms with Crippen molar-refractivity contribution < 1.29 is 18.4 Å². The minimum Gasteiger partial charge on any atom is -0.289 e. The van der Waals surface area contributed by atoms with Crippen molar-refractivity contribution in [2.45, 2.75) is 4.90 Å². The summed E-state index contributed by atoms with van der Waals surface area (Å²) in [4.78, 5) is 14.9. The number of hydroxylamine groups is 1. The Bertz CT molecular complexity index is 715. The molecule has 19 heavy (non-hydrogen) atoms. The Hall–Kier alpha value is -2.03. The number of carbonyl (C=O) groups is 1. The Morgan fingerprint density at radius 1 is 1.32 bits per heavy atom. The number of rotatable bonds is 4. The first-order valence-electron chi connectivity index (χ1n) is 5.30. The van der Waals surface area contributed by atoms with Crippen LogP contribution in [0.25, 0.3) is 10.9 Å². The van der Waals surface area contributed by atoms with E-state index in [4.69, 9.17) is 5.21 Å². The van der Waals surface area contributed by atoms with E-state index in [0.717, 1.165) is 0 Å². The first kappa shape index (κ1) is 13.4. The van der Waals surface area contributed by atoms with E-state index in [0.29, 0.717) is 10.9 Å². The van der Waals surface area contributed by atoms with E-state index in [1.54, 1.807) is 24.4 Å². The highest BCUT2D eigenvalue weighted by atomic mass is 32.2. The van der Waals surface area contributed by atoms with Crippen molar-refractivity contribution in [2.24, 2.45) is 0 Å². The number of nitrogens with zero attached hydrogens (tertiary/aromatic N) is 1. The van der Waals surface area contributed by atoms with E-state index in [9.17, 15) is 13.2 Å². The molecule has 1 aromatic carbocycles. The number of nitrogens with one attached hydrogen (secondary N) is 2. The molecule has 0 atom stereocenters. The fourth-order valence-electron chi connectivity index (χ4n) is 1.50. The van der Waals surface area contributed by atoms with Gasteiger partial charge in [0.05, 0.1) is 17.0 Å². The molecular formula is C11H11N3O4S. The number of amides is 1. The third-order valence-corrected chi connectivity index (χ3v) is 3.83. The van der Waals surface area contributed by atoms with Gasteiger partial charge in [-0.3, -0.25) is 15.0 Å². The molecule has 7 nitrogen and oxygen atoms in total. The summed E-state index contributed by atoms with van der Waals surface area (Å²) in [6.45, 7) is -0.538. The van der Waals surface area contributed by atoms with Gasteiger partial charge in [0.15, 0.2) is 0 Å². The van der Waals surface area contributed by atoms with Crippen molar-refractivity contribution >= 4 is 26.8 Å². The van der Waals surface area contributed by atoms with E-state index in [1.807, 2.05) is 0 Å². The van der Waals surface area contributed by atoms with E-state index in [1.165, 1.54) is 17.6 Å². The number of aromatic nitrogens is 1. The normalized spacial score (nSPS) is 11.4. The van der Waals surface area contributed by atoms with Crippen molar-refractivity contribution in [2.75, 3.05) is 6.54 Å². The molecule has 0 aliphatic rings. The summed E-state index contributed by atoms with van der Waals surface area (Å²) in [5, 5.41) is 8.98. The van der Waals surface area contributed by atoms with Gasteiger partial charge in [0.1, 0.15) is 0 Å². The summed E-state index contributed by atoms with van der Waals surface area (Å²) in [5.41, 5.74) is 2.02. The van der Waals surface area contributed by atoms with Gasteiger partial charge < -0.3 is 0 Å². The first-order valence-corrected chi connectivity index (χ1v) is 6.78. The Balaban J connectivity index is 2.30. The summed E-state index contributed by atoms with van der Waals surface area (Å²) in [6, 6.07) is 7.87. The summed E-state index contributed by atoms with van der Waals surface area (Å²) < 4.78 is 25.9. The highest BCUT2D eigenvalue weighted by Gasteiger charge is 2.15. The van der Waals surface area contributed by atoms with Crippen LogP contribution in [0.5, 0.6) is 0 Å². The lowest BCUT2D eigenvalue weighted by atomic mass is 10.2. The third-order valence-electron chi connectivity index (χ3n) is 2.43. The molecule has 0 saturated carbocycles. The summed E-state index contributed by atoms with van der Waals surface area (Å²) >= 11 is 0. The van der Waals surface area contributed by atoms with Gasteiger partial charge >= 0.3 is 0 Å². The lowest BCUT2D eigenvalue weighted by Gasteiger charge is -2.06. The van der Waals surface area contributed by atoms with E-state index < -0.39 is 22.5 Å². The number of pyridine rings is 1. The molecule has 100 valence electrons. The molecule has 0 bridgehead atoms. The fourth-order valence-corrected chi connectivity index (χ4v) is 2.52. The zero-order valence-corrected chi connectivity index (χ0v) is 10.5. The molecule has 1 aromatic heterocycles. The van der Waals surface area contributed by atoms with E-state index in [-0.39, 0.29) is 4.90 Å². The van der Waals surface area contributed by atoms with Crippen LogP contribution in [-0.4, -0.2) is 31.1 Å². The molecule has 1 heterocycles. The molecule has 0 radical (unpaired) electrons. The van der Waals surface area contributed by atoms with Crippen LogP contribution in [-0.2, 0) is 14.8 Å². The second-order valence-electron chi connectivity index (χ2n) is 3.72. The van der Waals surface area contributed by atoms with Gasteiger partial charge in [-0.2, -0.15) is 0 Å². The summed E-state index contributed by atoms with van der Waals surface area (Å²) in [7, 11) is -3.81. The van der Waals surface area contributed by atoms with Crippen molar-refractivity contribution in [1.82, 2.24) is 15.2 Å². The smallest absolute Gasteiger partial charge is 0.258 e. The molecule has 3 N–H and O–H groups in total. The highest BCUT2D eigenvalue weighted by molar-refractivity contribution is 7.89. The Morgan fingerprint density at radius 3 is 2.84 bits per heavy atom. The maximum absolute atomic E-state index is 11.9. The van der Waals surface area contributed by atoms with Crippen LogP contribution in [0.3, 0.4) is 0 Å². The standard InChI is InChI=1S/C11H11N3O4S/c15-11(14-16)7-13-19(17,18)9-3-4-10-8(6-9)2-1-5-12-10/h1-6,13,16H,7H2,(H,14,15). The molecular weight excluding hydrogens is 270 g/mol. The van der Waals surface area contributed by atoms with Crippen LogP contribution < -0.4 is 10.2 Å². The Morgan fingerprint density at radius 2 is 2.11 bits per heavy atom. The molecule has 0 saturated heterocycles. The van der Waals surface area contributed by atoms with Crippen molar-refractivity contribution in [3.05, 3.63) is 36.5 Å². The molecule has 0 spiro atoms. The van der Waals surface area contributed by atoms with Crippen molar-refractivity contribution in [1.29, 1.82) is 0 Å². The minimum atomic E-state index is -3.81. The lowest BCUT2D eigenvalue weighted by molar-refractivity contribution is -0.127. The number of fused-ring (bicyclic) bond motifs is 1. The van der Waals surface area contributed by atoms with Gasteiger partial charge in [0.2, 0.25) is 10.0 Å². The average molecular weight is 281 g/mol. The Labute approximate surface area is 109 Å². The van der Waals surface area contributed by atoms with Gasteiger partial charge in [-0.1, -0.05) is 6.07 Å². The van der Waals surface area contributed by atoms with Gasteiger partial charge in [-0.05, 0) is 24.3 Å². The van der Waals surface area contributed by atoms with Crippen LogP contribution in [0.15, 0.2) is 41.4 Å². The number of carbonyl (C=O) groups excluding carboxylic acids is 1. The maximum Gasteiger partial charge on any atom is 0.258 e. The monoisotopic (exact) mass is 281 g/mol. The fraction of sp³-hybridized carbons (Fsp3) is 0.0909. The number of hydrogen-bond donors (Lipinski definition) is 3. The second kappa shape index (κ2) is 5.31. The molecule has 2 aromatic rings. The third kappa shape index (κ3) is 3.05. The van der Waals surface area contributed by atoms with Crippen molar-refractivity contribution in [3.63, 3.8) is 0 Å². The quantitative estimate of drug-likeness (QED) is 0.541. The average Bonchev–Trinajstić information content (AvgIpc) is 2.44. The molecule has 0 fully saturated rings. The maximum atomic E-state index is 11.9. The topological polar surface area (TPSA) is 108 Å². The highest BCUT2D eigenvalue weighted by Crippen LogP contribution is 2.16. The van der Waals surface area contributed by atoms with Gasteiger partial charge in [0.25, 0.3) is 5.91 Å². The van der Waals surface area contributed by atoms with Crippen LogP contribution >= 0.6 is 0 Å². The van der Waals surface area contributed by atoms with Crippen LogP contribution in [0.2, 0.25) is 0 Å². The molecule has 0 unspecified atom stereocenters. The number of hydrogen-bond acceptors (Lipinski definition) is 5. The first-order chi connectivity index (χ1) is 9.03. The van der Waals surface area contributed by atoms with Gasteiger partial charge in [-0.25, -0.2) is 18.6 Å². The van der Waals surface area contributed by atoms with Crippen molar-refractivity contribution in [3.8, 4) is 0 Å². The SMILES string of the molecule is O=C(CNS(=O)(=O)c1ccc2ncccc2c1)NO. The summed E-state index contributed by atoms with van der Waals surface area (Å²) in [6.07, 6.45) is 1.61. The molecule has 0 aliphatic carbocycles. The second-order valence-corrected chi connectivity index (χ2v) is 5.48. The predicted molar refractivity (Wildman–Crippen MR) is 66.9 cm³/mol. The van der Waals surface area contributed by atoms with Crippen LogP contribution in [0.1, 0.15) is 0 Å². The summed E-state index contributed by atoms with van der Waals surface area (Å²) in [5.74, 6) is -0.842. The minimum absolute atomic E-state index is 0.0266. The molecule has 0 aliphatic heterocycles. The Kier molecular flexibility index (Phi) is 3.74. The van der Waals surface area contributed by atoms with Gasteiger partial charge in [0, 0.05) is 11.6 Å². The van der Waals surface area contributed by atoms with E-state index in [2.05, 4.69) is 9.71 Å². The van der Waals surface area contributed by atoms with Crippen LogP contribution in [0.4, 0.5) is 0 Å². The number of sulfonamides is 1. The van der Waals surface area contributed by atoms with Gasteiger partial charge in [-0.15, -0.1) is 0 Å². The zero-order chi connectivity index (χ0) is 13.9. The van der Waals surface area contributed by atoms with Crippen LogP contribution in [0, 0.1) is 0 Å². The molecule has 1 amide bonds. The predicted octanol–water partition coefficient (Wildman–Crippen LogP) is 0.0185. The zero-order valence-electron chi connectivity index (χ0n) is 9.70. The number of benzene rings is 1. The molecule has 8 heteroatoms.